The van der Waals surface area contributed by atoms with Gasteiger partial charge < -0.3 is 10.5 Å². The Kier molecular flexibility index (Phi) is 3.99. The number of sulfonamides is 1. The third kappa shape index (κ3) is 2.63. The molecule has 108 valence electrons. The van der Waals surface area contributed by atoms with Gasteiger partial charge in [0.25, 0.3) is 0 Å². The summed E-state index contributed by atoms with van der Waals surface area (Å²) in [6.07, 6.45) is -0.721. The minimum Gasteiger partial charge on any atom is -0.399 e. The highest BCUT2D eigenvalue weighted by Gasteiger charge is 2.32. The van der Waals surface area contributed by atoms with Crippen molar-refractivity contribution < 1.29 is 13.2 Å². The number of hydrogen-bond acceptors (Lipinski definition) is 5. The number of hydrogen-bond donors (Lipinski definition) is 1. The first-order valence-electron chi connectivity index (χ1n) is 6.24. The van der Waals surface area contributed by atoms with Gasteiger partial charge in [-0.15, -0.1) is 0 Å². The van der Waals surface area contributed by atoms with Crippen LogP contribution in [0.4, 0.5) is 5.69 Å². The van der Waals surface area contributed by atoms with E-state index in [-0.39, 0.29) is 24.6 Å². The van der Waals surface area contributed by atoms with Crippen LogP contribution in [0.5, 0.6) is 0 Å². The van der Waals surface area contributed by atoms with E-state index in [4.69, 9.17) is 15.7 Å². The van der Waals surface area contributed by atoms with Gasteiger partial charge in [0.15, 0.2) is 6.10 Å². The van der Waals surface area contributed by atoms with Crippen LogP contribution in [-0.4, -0.2) is 38.5 Å². The number of nitrogens with two attached hydrogens (primary N) is 1. The quantitative estimate of drug-likeness (QED) is 0.814. The molecule has 1 heterocycles. The Morgan fingerprint density at radius 2 is 2.15 bits per heavy atom. The zero-order chi connectivity index (χ0) is 14.9. The van der Waals surface area contributed by atoms with Gasteiger partial charge >= 0.3 is 0 Å². The fraction of sp³-hybridized carbons (Fsp3) is 0.462. The number of nitrogens with zero attached hydrogens (tertiary/aromatic N) is 2. The number of aryl methyl sites for hydroxylation is 1. The molecule has 0 bridgehead atoms. The largest absolute Gasteiger partial charge is 0.399 e. The number of ether oxygens (including phenoxy) is 1. The number of nitrogen functional groups attached to an aromatic ring is 1. The lowest BCUT2D eigenvalue weighted by atomic mass is 10.1. The molecule has 0 saturated carbocycles. The molecule has 0 radical (unpaired) electrons. The van der Waals surface area contributed by atoms with Crippen molar-refractivity contribution >= 4 is 15.7 Å². The van der Waals surface area contributed by atoms with E-state index in [2.05, 4.69) is 0 Å². The first-order chi connectivity index (χ1) is 9.36. The highest BCUT2D eigenvalue weighted by molar-refractivity contribution is 7.89. The van der Waals surface area contributed by atoms with Crippen molar-refractivity contribution in [2.75, 3.05) is 25.4 Å². The van der Waals surface area contributed by atoms with Crippen molar-refractivity contribution in [2.45, 2.75) is 24.8 Å². The van der Waals surface area contributed by atoms with Crippen LogP contribution in [0.25, 0.3) is 0 Å². The fourth-order valence-electron chi connectivity index (χ4n) is 2.18. The second kappa shape index (κ2) is 5.40. The normalized spacial score (nSPS) is 20.6. The lowest BCUT2D eigenvalue weighted by Gasteiger charge is -2.29. The van der Waals surface area contributed by atoms with Gasteiger partial charge in [0.05, 0.1) is 24.1 Å². The first-order valence-corrected chi connectivity index (χ1v) is 7.68. The van der Waals surface area contributed by atoms with Crippen molar-refractivity contribution in [1.29, 1.82) is 5.26 Å². The smallest absolute Gasteiger partial charge is 0.243 e. The van der Waals surface area contributed by atoms with Crippen LogP contribution in [0.2, 0.25) is 0 Å². The molecule has 1 aromatic rings. The molecule has 0 amide bonds. The maximum absolute atomic E-state index is 12.7. The van der Waals surface area contributed by atoms with E-state index in [0.29, 0.717) is 11.3 Å². The lowest BCUT2D eigenvalue weighted by Crippen LogP contribution is -2.45. The van der Waals surface area contributed by atoms with Gasteiger partial charge in [-0.05, 0) is 37.1 Å². The number of rotatable bonds is 2. The molecule has 2 N–H and O–H groups in total. The Hall–Kier alpha value is -1.62. The molecule has 0 aromatic heterocycles. The van der Waals surface area contributed by atoms with E-state index in [1.54, 1.807) is 13.0 Å². The molecule has 1 aliphatic heterocycles. The fourth-order valence-corrected chi connectivity index (χ4v) is 3.94. The zero-order valence-electron chi connectivity index (χ0n) is 11.5. The minimum absolute atomic E-state index is 0.0477. The maximum Gasteiger partial charge on any atom is 0.243 e. The van der Waals surface area contributed by atoms with Crippen molar-refractivity contribution in [3.8, 4) is 6.07 Å². The van der Waals surface area contributed by atoms with Gasteiger partial charge in [0, 0.05) is 12.2 Å². The summed E-state index contributed by atoms with van der Waals surface area (Å²) in [4.78, 5) is 0.202. The van der Waals surface area contributed by atoms with Crippen LogP contribution in [0.3, 0.4) is 0 Å². The van der Waals surface area contributed by atoms with Gasteiger partial charge in [-0.25, -0.2) is 8.42 Å². The van der Waals surface area contributed by atoms with Gasteiger partial charge in [-0.2, -0.15) is 9.57 Å². The molecule has 6 nitrogen and oxygen atoms in total. The second-order valence-corrected chi connectivity index (χ2v) is 6.72. The Balaban J connectivity index is 2.43. The lowest BCUT2D eigenvalue weighted by molar-refractivity contribution is 0.0311. The maximum atomic E-state index is 12.7. The average Bonchev–Trinajstić information content (AvgIpc) is 2.42. The first kappa shape index (κ1) is 14.8. The van der Waals surface area contributed by atoms with Crippen LogP contribution in [0, 0.1) is 25.2 Å². The predicted molar refractivity (Wildman–Crippen MR) is 74.4 cm³/mol. The minimum atomic E-state index is -3.66. The Bertz CT molecular complexity index is 664. The van der Waals surface area contributed by atoms with Crippen molar-refractivity contribution in [3.63, 3.8) is 0 Å². The van der Waals surface area contributed by atoms with E-state index < -0.39 is 16.1 Å². The molecular weight excluding hydrogens is 278 g/mol. The van der Waals surface area contributed by atoms with Crippen molar-refractivity contribution in [1.82, 2.24) is 4.31 Å². The summed E-state index contributed by atoms with van der Waals surface area (Å²) in [7, 11) is -3.66. The Morgan fingerprint density at radius 3 is 2.80 bits per heavy atom. The summed E-state index contributed by atoms with van der Waals surface area (Å²) >= 11 is 0. The number of anilines is 1. The van der Waals surface area contributed by atoms with Crippen LogP contribution >= 0.6 is 0 Å². The third-order valence-corrected chi connectivity index (χ3v) is 5.42. The van der Waals surface area contributed by atoms with Gasteiger partial charge in [0.2, 0.25) is 10.0 Å². The molecule has 0 aliphatic carbocycles. The SMILES string of the molecule is Cc1cc(N)cc(S(=O)(=O)N2CCOC(C#N)C2)c1C. The summed E-state index contributed by atoms with van der Waals surface area (Å²) in [6, 6.07) is 5.15. The molecule has 20 heavy (non-hydrogen) atoms. The number of nitriles is 1. The summed E-state index contributed by atoms with van der Waals surface area (Å²) in [5.41, 5.74) is 7.67. The van der Waals surface area contributed by atoms with E-state index in [1.165, 1.54) is 10.4 Å². The predicted octanol–water partition coefficient (Wildman–Crippen LogP) is 0.799. The van der Waals surface area contributed by atoms with Crippen molar-refractivity contribution in [2.24, 2.45) is 0 Å². The second-order valence-electron chi connectivity index (χ2n) is 4.81. The average molecular weight is 295 g/mol. The van der Waals surface area contributed by atoms with Crippen LogP contribution in [0.15, 0.2) is 17.0 Å². The molecule has 2 rings (SSSR count). The molecular formula is C13H17N3O3S. The summed E-state index contributed by atoms with van der Waals surface area (Å²) < 4.78 is 31.8. The van der Waals surface area contributed by atoms with Crippen LogP contribution in [-0.2, 0) is 14.8 Å². The van der Waals surface area contributed by atoms with E-state index >= 15 is 0 Å². The molecule has 0 spiro atoms. The van der Waals surface area contributed by atoms with Crippen LogP contribution in [0.1, 0.15) is 11.1 Å². The standard InChI is InChI=1S/C13H17N3O3S/c1-9-5-11(15)6-13(10(9)2)20(17,18)16-3-4-19-12(7-14)8-16/h5-6,12H,3-4,8,15H2,1-2H3. The van der Waals surface area contributed by atoms with Gasteiger partial charge in [-0.3, -0.25) is 0 Å². The van der Waals surface area contributed by atoms with Crippen LogP contribution < -0.4 is 5.73 Å². The summed E-state index contributed by atoms with van der Waals surface area (Å²) in [5, 5.41) is 8.87. The molecule has 7 heteroatoms. The third-order valence-electron chi connectivity index (χ3n) is 3.43. The number of benzene rings is 1. The van der Waals surface area contributed by atoms with Gasteiger partial charge in [-0.1, -0.05) is 0 Å². The highest BCUT2D eigenvalue weighted by Crippen LogP contribution is 2.26. The summed E-state index contributed by atoms with van der Waals surface area (Å²) in [6.45, 7) is 4.09. The Morgan fingerprint density at radius 1 is 1.45 bits per heavy atom. The molecule has 1 fully saturated rings. The Labute approximate surface area is 118 Å². The van der Waals surface area contributed by atoms with Gasteiger partial charge in [0.1, 0.15) is 0 Å². The van der Waals surface area contributed by atoms with E-state index in [9.17, 15) is 8.42 Å². The molecule has 1 unspecified atom stereocenters. The number of morpholine rings is 1. The topological polar surface area (TPSA) is 96.4 Å². The monoisotopic (exact) mass is 295 g/mol. The molecule has 1 saturated heterocycles. The van der Waals surface area contributed by atoms with E-state index in [0.717, 1.165) is 5.56 Å². The molecule has 1 atom stereocenters. The molecule has 1 aromatic carbocycles. The zero-order valence-corrected chi connectivity index (χ0v) is 12.3. The summed E-state index contributed by atoms with van der Waals surface area (Å²) in [5.74, 6) is 0. The van der Waals surface area contributed by atoms with Crippen molar-refractivity contribution in [3.05, 3.63) is 23.3 Å². The molecule has 1 aliphatic rings. The van der Waals surface area contributed by atoms with E-state index in [1.807, 2.05) is 13.0 Å². The highest BCUT2D eigenvalue weighted by atomic mass is 32.2.